The highest BCUT2D eigenvalue weighted by Gasteiger charge is 2.37. The molecule has 1 aliphatic heterocycles. The Morgan fingerprint density at radius 2 is 1.88 bits per heavy atom. The molecule has 1 aliphatic rings. The summed E-state index contributed by atoms with van der Waals surface area (Å²) in [6, 6.07) is 8.82. The van der Waals surface area contributed by atoms with Gasteiger partial charge in [0.25, 0.3) is 0 Å². The van der Waals surface area contributed by atoms with E-state index in [0.29, 0.717) is 44.3 Å². The minimum atomic E-state index is -1.50. The van der Waals surface area contributed by atoms with E-state index in [2.05, 4.69) is 4.98 Å². The van der Waals surface area contributed by atoms with Crippen molar-refractivity contribution in [3.05, 3.63) is 71.8 Å². The highest BCUT2D eigenvalue weighted by Crippen LogP contribution is 2.29. The van der Waals surface area contributed by atoms with Crippen LogP contribution < -0.4 is 14.2 Å². The summed E-state index contributed by atoms with van der Waals surface area (Å²) in [5, 5.41) is 11.6. The zero-order valence-electron chi connectivity index (χ0n) is 23.5. The Hall–Kier alpha value is -3.74. The lowest BCUT2D eigenvalue weighted by Crippen LogP contribution is -2.52. The number of carbonyl (C=O) groups is 1. The second-order valence-electron chi connectivity index (χ2n) is 10.0. The number of aliphatic hydroxyl groups is 1. The van der Waals surface area contributed by atoms with E-state index in [0.717, 1.165) is 23.5 Å². The van der Waals surface area contributed by atoms with Gasteiger partial charge in [0.2, 0.25) is 5.91 Å². The quantitative estimate of drug-likeness (QED) is 0.353. The number of halogens is 2. The topological polar surface area (TPSA) is 98.5 Å². The number of β-amino-alcohol motifs (C(OH)–C–C–N with tert-alkyl or cyclic N) is 1. The van der Waals surface area contributed by atoms with E-state index in [1.54, 1.807) is 13.3 Å². The molecular weight excluding hydrogens is 538 g/mol. The normalized spacial score (nSPS) is 17.8. The number of methoxy groups -OCH3 is 2. The Balaban J connectivity index is 1.47. The summed E-state index contributed by atoms with van der Waals surface area (Å²) in [4.78, 5) is 20.4. The van der Waals surface area contributed by atoms with Gasteiger partial charge in [0, 0.05) is 51.7 Å². The van der Waals surface area contributed by atoms with Crippen molar-refractivity contribution in [1.29, 1.82) is 0 Å². The van der Waals surface area contributed by atoms with E-state index in [9.17, 15) is 18.7 Å². The summed E-state index contributed by atoms with van der Waals surface area (Å²) in [5.41, 5.74) is -0.584. The molecule has 2 heterocycles. The molecule has 1 saturated heterocycles. The second kappa shape index (κ2) is 13.7. The Labute approximate surface area is 238 Å². The number of imidazole rings is 1. The van der Waals surface area contributed by atoms with Crippen LogP contribution in [0.2, 0.25) is 0 Å². The molecule has 222 valence electrons. The highest BCUT2D eigenvalue weighted by atomic mass is 19.2. The van der Waals surface area contributed by atoms with Crippen molar-refractivity contribution in [2.45, 2.75) is 25.6 Å². The predicted molar refractivity (Wildman–Crippen MR) is 146 cm³/mol. The van der Waals surface area contributed by atoms with Crippen molar-refractivity contribution < 1.29 is 37.6 Å². The van der Waals surface area contributed by atoms with Crippen molar-refractivity contribution in [2.24, 2.45) is 0 Å². The van der Waals surface area contributed by atoms with Gasteiger partial charge in [-0.1, -0.05) is 6.07 Å². The van der Waals surface area contributed by atoms with Crippen LogP contribution in [0.4, 0.5) is 8.78 Å². The molecule has 10 nitrogen and oxygen atoms in total. The van der Waals surface area contributed by atoms with Gasteiger partial charge in [-0.25, -0.2) is 13.8 Å². The van der Waals surface area contributed by atoms with Gasteiger partial charge in [0.15, 0.2) is 23.1 Å². The number of benzene rings is 2. The van der Waals surface area contributed by atoms with Gasteiger partial charge in [-0.05, 0) is 36.8 Å². The summed E-state index contributed by atoms with van der Waals surface area (Å²) in [6.45, 7) is 4.03. The fourth-order valence-corrected chi connectivity index (χ4v) is 4.76. The zero-order valence-corrected chi connectivity index (χ0v) is 23.5. The lowest BCUT2D eigenvalue weighted by Gasteiger charge is -2.33. The molecule has 41 heavy (non-hydrogen) atoms. The molecule has 4 rings (SSSR count). The highest BCUT2D eigenvalue weighted by molar-refractivity contribution is 5.77. The van der Waals surface area contributed by atoms with Crippen molar-refractivity contribution in [1.82, 2.24) is 19.4 Å². The number of ether oxygens (including phenoxy) is 4. The molecule has 0 aliphatic carbocycles. The van der Waals surface area contributed by atoms with E-state index in [1.165, 1.54) is 18.1 Å². The van der Waals surface area contributed by atoms with Crippen LogP contribution >= 0.6 is 0 Å². The Kier molecular flexibility index (Phi) is 10.1. The first kappa shape index (κ1) is 30.2. The average molecular weight is 575 g/mol. The molecule has 1 amide bonds. The minimum absolute atomic E-state index is 0.0139. The molecule has 0 bridgehead atoms. The van der Waals surface area contributed by atoms with Gasteiger partial charge in [0.1, 0.15) is 37.0 Å². The average Bonchev–Trinajstić information content (AvgIpc) is 3.27. The summed E-state index contributed by atoms with van der Waals surface area (Å²) >= 11 is 0. The summed E-state index contributed by atoms with van der Waals surface area (Å²) < 4.78 is 51.3. The van der Waals surface area contributed by atoms with Crippen LogP contribution in [0.3, 0.4) is 0 Å². The monoisotopic (exact) mass is 574 g/mol. The largest absolute Gasteiger partial charge is 0.493 e. The van der Waals surface area contributed by atoms with E-state index in [4.69, 9.17) is 18.9 Å². The fourth-order valence-electron chi connectivity index (χ4n) is 4.76. The van der Waals surface area contributed by atoms with E-state index in [1.807, 2.05) is 40.8 Å². The van der Waals surface area contributed by atoms with Crippen LogP contribution in [-0.2, 0) is 22.6 Å². The summed E-state index contributed by atoms with van der Waals surface area (Å²) in [7, 11) is 3.01. The fraction of sp³-hybridized carbons (Fsp3) is 0.448. The van der Waals surface area contributed by atoms with Gasteiger partial charge < -0.3 is 33.5 Å². The van der Waals surface area contributed by atoms with Crippen molar-refractivity contribution in [2.75, 3.05) is 60.2 Å². The molecule has 1 atom stereocenters. The van der Waals surface area contributed by atoms with Gasteiger partial charge in [-0.15, -0.1) is 0 Å². The third kappa shape index (κ3) is 8.15. The number of aromatic nitrogens is 2. The molecule has 1 fully saturated rings. The second-order valence-corrected chi connectivity index (χ2v) is 10.0. The molecule has 0 saturated carbocycles. The molecule has 12 heteroatoms. The Morgan fingerprint density at radius 1 is 1.05 bits per heavy atom. The molecule has 0 spiro atoms. The smallest absolute Gasteiger partial charge is 0.248 e. The molecule has 1 N–H and O–H groups in total. The predicted octanol–water partition coefficient (Wildman–Crippen LogP) is 2.66. The maximum Gasteiger partial charge on any atom is 0.248 e. The van der Waals surface area contributed by atoms with Crippen LogP contribution in [-0.4, -0.2) is 96.2 Å². The molecular formula is C29H36F2N4O6. The summed E-state index contributed by atoms with van der Waals surface area (Å²) in [6.07, 6.45) is 3.63. The van der Waals surface area contributed by atoms with Crippen molar-refractivity contribution >= 4 is 5.91 Å². The first-order valence-electron chi connectivity index (χ1n) is 13.3. The maximum absolute atomic E-state index is 13.7. The SMILES string of the molecule is COCC(=O)N1CCN(Cc2ccc(OC)c(OCCn3ccnc3C)c2)C[C@](O)(COc2ccc(F)c(F)c2)C1. The van der Waals surface area contributed by atoms with Crippen LogP contribution in [0, 0.1) is 18.6 Å². The van der Waals surface area contributed by atoms with E-state index >= 15 is 0 Å². The minimum Gasteiger partial charge on any atom is -0.493 e. The third-order valence-corrected chi connectivity index (χ3v) is 6.86. The summed E-state index contributed by atoms with van der Waals surface area (Å²) in [5.74, 6) is -0.153. The van der Waals surface area contributed by atoms with Crippen LogP contribution in [0.5, 0.6) is 17.2 Å². The van der Waals surface area contributed by atoms with Gasteiger partial charge in [0.05, 0.1) is 20.2 Å². The Bertz CT molecular complexity index is 1320. The number of nitrogens with zero attached hydrogens (tertiary/aromatic N) is 4. The van der Waals surface area contributed by atoms with E-state index < -0.39 is 17.2 Å². The molecule has 0 radical (unpaired) electrons. The van der Waals surface area contributed by atoms with Crippen molar-refractivity contribution in [3.63, 3.8) is 0 Å². The van der Waals surface area contributed by atoms with Crippen LogP contribution in [0.25, 0.3) is 0 Å². The Morgan fingerprint density at radius 3 is 2.59 bits per heavy atom. The molecule has 2 aromatic carbocycles. The number of amides is 1. The third-order valence-electron chi connectivity index (χ3n) is 6.86. The number of hydrogen-bond acceptors (Lipinski definition) is 8. The molecule has 3 aromatic rings. The van der Waals surface area contributed by atoms with Crippen LogP contribution in [0.15, 0.2) is 48.8 Å². The lowest BCUT2D eigenvalue weighted by atomic mass is 10.0. The first-order chi connectivity index (χ1) is 19.7. The first-order valence-corrected chi connectivity index (χ1v) is 13.3. The lowest BCUT2D eigenvalue weighted by molar-refractivity contribution is -0.138. The van der Waals surface area contributed by atoms with Gasteiger partial charge in [-0.2, -0.15) is 0 Å². The standard InChI is InChI=1S/C29H36F2N4O6/c1-21-32-8-9-34(21)12-13-40-27-14-22(4-7-26(27)39-3)16-33-10-11-35(28(36)17-38-2)19-29(37,18-33)20-41-23-5-6-24(30)25(31)15-23/h4-9,14-15,37H,10-13,16-20H2,1-3H3/t29-/m1/s1. The maximum atomic E-state index is 13.7. The van der Waals surface area contributed by atoms with Gasteiger partial charge >= 0.3 is 0 Å². The molecule has 1 aromatic heterocycles. The number of hydrogen-bond donors (Lipinski definition) is 1. The van der Waals surface area contributed by atoms with Crippen LogP contribution in [0.1, 0.15) is 11.4 Å². The number of rotatable bonds is 12. The molecule has 0 unspecified atom stereocenters. The zero-order chi connectivity index (χ0) is 29.4. The van der Waals surface area contributed by atoms with E-state index in [-0.39, 0.29) is 38.0 Å². The number of aryl methyl sites for hydroxylation is 1. The van der Waals surface area contributed by atoms with Gasteiger partial charge in [-0.3, -0.25) is 9.69 Å². The van der Waals surface area contributed by atoms with Crippen molar-refractivity contribution in [3.8, 4) is 17.2 Å². The number of carbonyl (C=O) groups excluding carboxylic acids is 1.